The zero-order valence-corrected chi connectivity index (χ0v) is 18.2. The maximum Gasteiger partial charge on any atom is 0.255 e. The lowest BCUT2D eigenvalue weighted by atomic mass is 10.1. The molecule has 2 heterocycles. The Labute approximate surface area is 181 Å². The van der Waals surface area contributed by atoms with E-state index in [1.807, 2.05) is 13.0 Å². The van der Waals surface area contributed by atoms with Crippen molar-refractivity contribution in [2.75, 3.05) is 11.9 Å². The minimum Gasteiger partial charge on any atom is -0.339 e. The van der Waals surface area contributed by atoms with Crippen LogP contribution in [0.15, 0.2) is 57.9 Å². The van der Waals surface area contributed by atoms with Crippen LogP contribution in [0.2, 0.25) is 0 Å². The predicted molar refractivity (Wildman–Crippen MR) is 116 cm³/mol. The van der Waals surface area contributed by atoms with E-state index in [9.17, 15) is 13.2 Å². The fourth-order valence-corrected chi connectivity index (χ4v) is 5.43. The molecule has 0 radical (unpaired) electrons. The number of piperidine rings is 1. The van der Waals surface area contributed by atoms with Crippen molar-refractivity contribution >= 4 is 21.6 Å². The average molecular weight is 441 g/mol. The van der Waals surface area contributed by atoms with Gasteiger partial charge in [0.25, 0.3) is 5.91 Å². The van der Waals surface area contributed by atoms with Crippen molar-refractivity contribution in [3.05, 3.63) is 60.0 Å². The molecule has 1 N–H and O–H groups in total. The molecule has 0 bridgehead atoms. The molecule has 0 saturated carbocycles. The highest BCUT2D eigenvalue weighted by Crippen LogP contribution is 2.27. The SMILES string of the molecule is Cc1nc(-c2ccccc2NC(=O)c2ccc(S(=O)(=O)N3CCCCC3C)cc2)no1. The Hall–Kier alpha value is -3.04. The third-order valence-electron chi connectivity index (χ3n) is 5.41. The summed E-state index contributed by atoms with van der Waals surface area (Å²) < 4.78 is 32.5. The Morgan fingerprint density at radius 3 is 2.55 bits per heavy atom. The fraction of sp³-hybridized carbons (Fsp3) is 0.318. The van der Waals surface area contributed by atoms with Gasteiger partial charge in [0.2, 0.25) is 21.7 Å². The minimum atomic E-state index is -3.58. The van der Waals surface area contributed by atoms with E-state index in [2.05, 4.69) is 15.5 Å². The van der Waals surface area contributed by atoms with Gasteiger partial charge in [-0.3, -0.25) is 4.79 Å². The maximum absolute atomic E-state index is 13.0. The highest BCUT2D eigenvalue weighted by atomic mass is 32.2. The van der Waals surface area contributed by atoms with Gasteiger partial charge in [0.15, 0.2) is 0 Å². The number of rotatable bonds is 5. The van der Waals surface area contributed by atoms with E-state index in [-0.39, 0.29) is 16.8 Å². The molecule has 1 aliphatic heterocycles. The second kappa shape index (κ2) is 8.60. The van der Waals surface area contributed by atoms with Crippen LogP contribution in [-0.4, -0.2) is 41.4 Å². The molecule has 1 fully saturated rings. The molecule has 8 nitrogen and oxygen atoms in total. The van der Waals surface area contributed by atoms with Crippen LogP contribution >= 0.6 is 0 Å². The van der Waals surface area contributed by atoms with Crippen molar-refractivity contribution in [2.24, 2.45) is 0 Å². The van der Waals surface area contributed by atoms with E-state index in [0.29, 0.717) is 35.1 Å². The minimum absolute atomic E-state index is 0.0213. The molecule has 4 rings (SSSR count). The first-order chi connectivity index (χ1) is 14.9. The molecule has 2 aromatic carbocycles. The largest absolute Gasteiger partial charge is 0.339 e. The summed E-state index contributed by atoms with van der Waals surface area (Å²) in [5.41, 5.74) is 1.52. The second-order valence-corrected chi connectivity index (χ2v) is 9.51. The Kier molecular flexibility index (Phi) is 5.88. The molecule has 162 valence electrons. The molecule has 31 heavy (non-hydrogen) atoms. The van der Waals surface area contributed by atoms with Crippen molar-refractivity contribution in [1.82, 2.24) is 14.4 Å². The molecular weight excluding hydrogens is 416 g/mol. The first-order valence-corrected chi connectivity index (χ1v) is 11.6. The lowest BCUT2D eigenvalue weighted by Gasteiger charge is -2.32. The number of carbonyl (C=O) groups is 1. The van der Waals surface area contributed by atoms with Crippen LogP contribution in [0.25, 0.3) is 11.4 Å². The monoisotopic (exact) mass is 440 g/mol. The van der Waals surface area contributed by atoms with E-state index >= 15 is 0 Å². The summed E-state index contributed by atoms with van der Waals surface area (Å²) in [4.78, 5) is 17.2. The standard InChI is InChI=1S/C22H24N4O4S/c1-15-7-5-6-14-26(15)31(28,29)18-12-10-17(11-13-18)22(27)24-20-9-4-3-8-19(20)21-23-16(2)30-25-21/h3-4,8-13,15H,5-7,14H2,1-2H3,(H,24,27). The predicted octanol–water partition coefficient (Wildman–Crippen LogP) is 3.86. The summed E-state index contributed by atoms with van der Waals surface area (Å²) in [6.45, 7) is 4.15. The number of sulfonamides is 1. The number of aryl methyl sites for hydroxylation is 1. The summed E-state index contributed by atoms with van der Waals surface area (Å²) in [5.74, 6) is 0.449. The van der Waals surface area contributed by atoms with Crippen LogP contribution in [0.5, 0.6) is 0 Å². The first-order valence-electron chi connectivity index (χ1n) is 10.2. The van der Waals surface area contributed by atoms with Gasteiger partial charge in [0, 0.05) is 30.6 Å². The molecule has 1 saturated heterocycles. The van der Waals surface area contributed by atoms with Crippen LogP contribution in [0.1, 0.15) is 42.4 Å². The number of para-hydroxylation sites is 1. The van der Waals surface area contributed by atoms with Crippen molar-refractivity contribution in [1.29, 1.82) is 0 Å². The number of aromatic nitrogens is 2. The van der Waals surface area contributed by atoms with Gasteiger partial charge in [0.1, 0.15) is 0 Å². The third-order valence-corrected chi connectivity index (χ3v) is 7.44. The number of anilines is 1. The van der Waals surface area contributed by atoms with Crippen LogP contribution in [0.4, 0.5) is 5.69 Å². The van der Waals surface area contributed by atoms with Crippen molar-refractivity contribution in [3.63, 3.8) is 0 Å². The topological polar surface area (TPSA) is 105 Å². The van der Waals surface area contributed by atoms with Gasteiger partial charge in [-0.1, -0.05) is 23.7 Å². The summed E-state index contributed by atoms with van der Waals surface area (Å²) in [5, 5.41) is 6.75. The van der Waals surface area contributed by atoms with Gasteiger partial charge in [-0.2, -0.15) is 9.29 Å². The summed E-state index contributed by atoms with van der Waals surface area (Å²) in [6.07, 6.45) is 2.76. The zero-order valence-electron chi connectivity index (χ0n) is 17.4. The number of hydrogen-bond donors (Lipinski definition) is 1. The van der Waals surface area contributed by atoms with Crippen molar-refractivity contribution < 1.29 is 17.7 Å². The molecule has 1 atom stereocenters. The molecule has 3 aromatic rings. The molecule has 1 aliphatic rings. The molecule has 1 aromatic heterocycles. The van der Waals surface area contributed by atoms with Crippen molar-refractivity contribution in [3.8, 4) is 11.4 Å². The Bertz CT molecular complexity index is 1190. The van der Waals surface area contributed by atoms with E-state index in [1.165, 1.54) is 24.3 Å². The second-order valence-electron chi connectivity index (χ2n) is 7.62. The highest BCUT2D eigenvalue weighted by Gasteiger charge is 2.31. The van der Waals surface area contributed by atoms with E-state index in [0.717, 1.165) is 19.3 Å². The lowest BCUT2D eigenvalue weighted by molar-refractivity contribution is 0.102. The van der Waals surface area contributed by atoms with E-state index in [4.69, 9.17) is 4.52 Å². The van der Waals surface area contributed by atoms with Gasteiger partial charge in [0.05, 0.1) is 10.6 Å². The van der Waals surface area contributed by atoms with Gasteiger partial charge >= 0.3 is 0 Å². The number of hydrogen-bond acceptors (Lipinski definition) is 6. The van der Waals surface area contributed by atoms with Gasteiger partial charge in [-0.15, -0.1) is 0 Å². The smallest absolute Gasteiger partial charge is 0.255 e. The van der Waals surface area contributed by atoms with Gasteiger partial charge < -0.3 is 9.84 Å². The quantitative estimate of drug-likeness (QED) is 0.646. The Morgan fingerprint density at radius 2 is 1.87 bits per heavy atom. The highest BCUT2D eigenvalue weighted by molar-refractivity contribution is 7.89. The zero-order chi connectivity index (χ0) is 22.0. The van der Waals surface area contributed by atoms with E-state index < -0.39 is 10.0 Å². The molecule has 1 amide bonds. The van der Waals surface area contributed by atoms with Crippen LogP contribution in [0, 0.1) is 6.92 Å². The molecule has 1 unspecified atom stereocenters. The van der Waals surface area contributed by atoms with Gasteiger partial charge in [-0.25, -0.2) is 8.42 Å². The number of benzene rings is 2. The summed E-state index contributed by atoms with van der Waals surface area (Å²) in [6, 6.07) is 13.1. The third kappa shape index (κ3) is 4.38. The number of nitrogens with zero attached hydrogens (tertiary/aromatic N) is 3. The van der Waals surface area contributed by atoms with Gasteiger partial charge in [-0.05, 0) is 56.2 Å². The Morgan fingerprint density at radius 1 is 1.13 bits per heavy atom. The molecular formula is C22H24N4O4S. The Balaban J connectivity index is 1.54. The first kappa shape index (κ1) is 21.2. The maximum atomic E-state index is 13.0. The number of nitrogens with one attached hydrogen (secondary N) is 1. The molecule has 0 spiro atoms. The normalized spacial score (nSPS) is 17.4. The summed E-state index contributed by atoms with van der Waals surface area (Å²) >= 11 is 0. The van der Waals surface area contributed by atoms with Crippen molar-refractivity contribution in [2.45, 2.75) is 44.0 Å². The van der Waals surface area contributed by atoms with Crippen LogP contribution in [-0.2, 0) is 10.0 Å². The number of carbonyl (C=O) groups excluding carboxylic acids is 1. The summed E-state index contributed by atoms with van der Waals surface area (Å²) in [7, 11) is -3.58. The van der Waals surface area contributed by atoms with Crippen LogP contribution in [0.3, 0.4) is 0 Å². The number of amides is 1. The van der Waals surface area contributed by atoms with Crippen LogP contribution < -0.4 is 5.32 Å². The average Bonchev–Trinajstić information content (AvgIpc) is 3.20. The molecule has 0 aliphatic carbocycles. The fourth-order valence-electron chi connectivity index (χ4n) is 3.73. The molecule has 9 heteroatoms. The lowest BCUT2D eigenvalue weighted by Crippen LogP contribution is -2.41. The van der Waals surface area contributed by atoms with E-state index in [1.54, 1.807) is 29.4 Å².